The highest BCUT2D eigenvalue weighted by molar-refractivity contribution is 5.83. The largest absolute Gasteiger partial charge is 0.497 e. The Hall–Kier alpha value is -3.13. The van der Waals surface area contributed by atoms with E-state index >= 15 is 0 Å². The van der Waals surface area contributed by atoms with Crippen LogP contribution in [0.4, 0.5) is 0 Å². The lowest BCUT2D eigenvalue weighted by atomic mass is 10.0. The Morgan fingerprint density at radius 1 is 1.17 bits per heavy atom. The average Bonchev–Trinajstić information content (AvgIpc) is 2.59. The molecule has 0 radical (unpaired) electrons. The number of fused-ring (bicyclic) bond motifs is 1. The van der Waals surface area contributed by atoms with Crippen molar-refractivity contribution in [3.05, 3.63) is 70.1 Å². The number of nitriles is 1. The molecule has 0 aliphatic rings. The second-order valence-corrected chi connectivity index (χ2v) is 5.14. The average molecular weight is 305 g/mol. The Balaban J connectivity index is 2.14. The number of benzene rings is 2. The fourth-order valence-corrected chi connectivity index (χ4v) is 2.59. The van der Waals surface area contributed by atoms with Crippen LogP contribution in [0.25, 0.3) is 10.8 Å². The monoisotopic (exact) mass is 305 g/mol. The van der Waals surface area contributed by atoms with Gasteiger partial charge in [-0.05, 0) is 23.8 Å². The normalized spacial score (nSPS) is 10.4. The van der Waals surface area contributed by atoms with Gasteiger partial charge >= 0.3 is 0 Å². The highest BCUT2D eigenvalue weighted by atomic mass is 16.5. The van der Waals surface area contributed by atoms with Crippen molar-refractivity contribution < 1.29 is 4.74 Å². The van der Waals surface area contributed by atoms with Crippen LogP contribution in [0.15, 0.2) is 53.3 Å². The molecule has 0 fully saturated rings. The van der Waals surface area contributed by atoms with Crippen LogP contribution in [-0.2, 0) is 13.0 Å². The first-order valence-electron chi connectivity index (χ1n) is 7.21. The number of aromatic nitrogens is 2. The van der Waals surface area contributed by atoms with Crippen LogP contribution in [0.2, 0.25) is 0 Å². The molecule has 0 spiro atoms. The van der Waals surface area contributed by atoms with Crippen molar-refractivity contribution in [3.63, 3.8) is 0 Å². The summed E-state index contributed by atoms with van der Waals surface area (Å²) >= 11 is 0. The van der Waals surface area contributed by atoms with E-state index in [-0.39, 0.29) is 12.1 Å². The minimum Gasteiger partial charge on any atom is -0.497 e. The van der Waals surface area contributed by atoms with E-state index in [1.54, 1.807) is 13.2 Å². The van der Waals surface area contributed by atoms with Crippen LogP contribution in [-0.4, -0.2) is 16.9 Å². The summed E-state index contributed by atoms with van der Waals surface area (Å²) in [6.45, 7) is -0.0607. The molecule has 0 amide bonds. The molecule has 1 aromatic heterocycles. The molecular formula is C18H15N3O2. The third-order valence-electron chi connectivity index (χ3n) is 3.67. The van der Waals surface area contributed by atoms with Gasteiger partial charge in [-0.3, -0.25) is 4.79 Å². The first kappa shape index (κ1) is 14.8. The van der Waals surface area contributed by atoms with Crippen molar-refractivity contribution in [2.75, 3.05) is 7.11 Å². The highest BCUT2D eigenvalue weighted by Crippen LogP contribution is 2.19. The van der Waals surface area contributed by atoms with Crippen molar-refractivity contribution in [1.82, 2.24) is 9.78 Å². The summed E-state index contributed by atoms with van der Waals surface area (Å²) in [6.07, 6.45) is 0.559. The van der Waals surface area contributed by atoms with Gasteiger partial charge < -0.3 is 4.74 Å². The van der Waals surface area contributed by atoms with E-state index in [1.165, 1.54) is 4.68 Å². The molecule has 23 heavy (non-hydrogen) atoms. The van der Waals surface area contributed by atoms with Gasteiger partial charge in [0.05, 0.1) is 24.3 Å². The van der Waals surface area contributed by atoms with Crippen LogP contribution >= 0.6 is 0 Å². The second-order valence-electron chi connectivity index (χ2n) is 5.14. The maximum atomic E-state index is 12.4. The lowest BCUT2D eigenvalue weighted by molar-refractivity contribution is 0.414. The second kappa shape index (κ2) is 6.32. The van der Waals surface area contributed by atoms with E-state index < -0.39 is 0 Å². The first-order chi connectivity index (χ1) is 11.2. The van der Waals surface area contributed by atoms with Gasteiger partial charge in [-0.2, -0.15) is 10.4 Å². The van der Waals surface area contributed by atoms with Gasteiger partial charge in [-0.15, -0.1) is 0 Å². The van der Waals surface area contributed by atoms with E-state index in [2.05, 4.69) is 5.10 Å². The Morgan fingerprint density at radius 2 is 1.96 bits per heavy atom. The summed E-state index contributed by atoms with van der Waals surface area (Å²) in [5, 5.41) is 14.7. The van der Waals surface area contributed by atoms with Gasteiger partial charge in [0.1, 0.15) is 12.3 Å². The molecule has 0 atom stereocenters. The number of nitrogens with zero attached hydrogens (tertiary/aromatic N) is 3. The Labute approximate surface area is 133 Å². The van der Waals surface area contributed by atoms with Gasteiger partial charge in [0.25, 0.3) is 5.56 Å². The molecule has 1 heterocycles. The maximum Gasteiger partial charge on any atom is 0.275 e. The highest BCUT2D eigenvalue weighted by Gasteiger charge is 2.11. The standard InChI is InChI=1S/C18H15N3O2/c1-23-14-6-4-5-13(11-14)12-17-15-7-2-3-8-16(15)18(22)21(20-17)10-9-19/h2-8,11H,10,12H2,1H3. The summed E-state index contributed by atoms with van der Waals surface area (Å²) in [7, 11) is 1.62. The van der Waals surface area contributed by atoms with Crippen molar-refractivity contribution in [2.45, 2.75) is 13.0 Å². The molecule has 5 nitrogen and oxygen atoms in total. The molecule has 0 aliphatic carbocycles. The molecule has 5 heteroatoms. The van der Waals surface area contributed by atoms with Gasteiger partial charge in [0.15, 0.2) is 0 Å². The molecule has 0 unspecified atom stereocenters. The zero-order valence-corrected chi connectivity index (χ0v) is 12.7. The zero-order valence-electron chi connectivity index (χ0n) is 12.7. The van der Waals surface area contributed by atoms with Crippen molar-refractivity contribution in [2.24, 2.45) is 0 Å². The zero-order chi connectivity index (χ0) is 16.2. The predicted molar refractivity (Wildman–Crippen MR) is 87.4 cm³/mol. The first-order valence-corrected chi connectivity index (χ1v) is 7.21. The molecule has 2 aromatic carbocycles. The summed E-state index contributed by atoms with van der Waals surface area (Å²) in [4.78, 5) is 12.4. The number of hydrogen-bond donors (Lipinski definition) is 0. The third-order valence-corrected chi connectivity index (χ3v) is 3.67. The number of rotatable bonds is 4. The van der Waals surface area contributed by atoms with E-state index in [9.17, 15) is 4.79 Å². The fourth-order valence-electron chi connectivity index (χ4n) is 2.59. The minimum atomic E-state index is -0.239. The molecular weight excluding hydrogens is 290 g/mol. The van der Waals surface area contributed by atoms with Gasteiger partial charge in [0, 0.05) is 11.8 Å². The third kappa shape index (κ3) is 2.92. The van der Waals surface area contributed by atoms with Crippen LogP contribution in [0, 0.1) is 11.3 Å². The molecule has 0 N–H and O–H groups in total. The smallest absolute Gasteiger partial charge is 0.275 e. The lowest BCUT2D eigenvalue weighted by Gasteiger charge is -2.10. The Morgan fingerprint density at radius 3 is 2.70 bits per heavy atom. The van der Waals surface area contributed by atoms with Crippen molar-refractivity contribution in [3.8, 4) is 11.8 Å². The SMILES string of the molecule is COc1cccc(Cc2nn(CC#N)c(=O)c3ccccc23)c1. The minimum absolute atomic E-state index is 0.0607. The summed E-state index contributed by atoms with van der Waals surface area (Å²) < 4.78 is 6.46. The van der Waals surface area contributed by atoms with Crippen LogP contribution in [0.5, 0.6) is 5.75 Å². The van der Waals surface area contributed by atoms with Crippen LogP contribution < -0.4 is 10.3 Å². The fraction of sp³-hybridized carbons (Fsp3) is 0.167. The Bertz CT molecular complexity index is 954. The number of hydrogen-bond acceptors (Lipinski definition) is 4. The van der Waals surface area contributed by atoms with E-state index in [1.807, 2.05) is 48.5 Å². The molecule has 3 rings (SSSR count). The van der Waals surface area contributed by atoms with Crippen molar-refractivity contribution in [1.29, 1.82) is 5.26 Å². The van der Waals surface area contributed by atoms with E-state index in [0.717, 1.165) is 22.4 Å². The number of methoxy groups -OCH3 is 1. The summed E-state index contributed by atoms with van der Waals surface area (Å²) in [5.41, 5.74) is 1.56. The van der Waals surface area contributed by atoms with E-state index in [0.29, 0.717) is 11.8 Å². The predicted octanol–water partition coefficient (Wildman–Crippen LogP) is 2.52. The van der Waals surface area contributed by atoms with E-state index in [4.69, 9.17) is 10.00 Å². The Kier molecular flexibility index (Phi) is 4.07. The molecule has 3 aromatic rings. The van der Waals surface area contributed by atoms with Crippen LogP contribution in [0.3, 0.4) is 0 Å². The number of ether oxygens (including phenoxy) is 1. The van der Waals surface area contributed by atoms with Gasteiger partial charge in [0.2, 0.25) is 0 Å². The van der Waals surface area contributed by atoms with Gasteiger partial charge in [-0.25, -0.2) is 4.68 Å². The molecule has 0 aliphatic heterocycles. The lowest BCUT2D eigenvalue weighted by Crippen LogP contribution is -2.24. The summed E-state index contributed by atoms with van der Waals surface area (Å²) in [6, 6.07) is 17.1. The van der Waals surface area contributed by atoms with Gasteiger partial charge in [-0.1, -0.05) is 30.3 Å². The van der Waals surface area contributed by atoms with Crippen molar-refractivity contribution >= 4 is 10.8 Å². The topological polar surface area (TPSA) is 67.9 Å². The quantitative estimate of drug-likeness (QED) is 0.743. The molecule has 114 valence electrons. The molecule has 0 bridgehead atoms. The molecule has 0 saturated carbocycles. The molecule has 0 saturated heterocycles. The van der Waals surface area contributed by atoms with Crippen LogP contribution in [0.1, 0.15) is 11.3 Å². The summed E-state index contributed by atoms with van der Waals surface area (Å²) in [5.74, 6) is 0.775. The maximum absolute atomic E-state index is 12.4.